The van der Waals surface area contributed by atoms with Gasteiger partial charge in [0.05, 0.1) is 71.6 Å². The molecule has 6 aromatic rings. The Morgan fingerprint density at radius 3 is 1.29 bits per heavy atom. The van der Waals surface area contributed by atoms with Gasteiger partial charge < -0.3 is 41.8 Å². The van der Waals surface area contributed by atoms with Crippen molar-refractivity contribution >= 4 is 57.6 Å². The normalized spacial score (nSPS) is 14.2. The molecule has 0 saturated carbocycles. The van der Waals surface area contributed by atoms with E-state index in [1.807, 2.05) is 0 Å². The van der Waals surface area contributed by atoms with Gasteiger partial charge >= 0.3 is 11.9 Å². The Morgan fingerprint density at radius 1 is 0.566 bits per heavy atom. The average molecular weight is 1050 g/mol. The number of carbonyl (C=O) groups excluding carboxylic acids is 6. The fourth-order valence-corrected chi connectivity index (χ4v) is 8.75. The fraction of sp³-hybridized carbons (Fsp3) is 0.393. The Kier molecular flexibility index (Phi) is 19.7. The maximum atomic E-state index is 14.2. The van der Waals surface area contributed by atoms with Crippen molar-refractivity contribution < 1.29 is 57.2 Å². The Bertz CT molecular complexity index is 2830. The zero-order valence-electron chi connectivity index (χ0n) is 42.8. The van der Waals surface area contributed by atoms with E-state index < -0.39 is 94.5 Å². The molecule has 20 heteroatoms. The van der Waals surface area contributed by atoms with Crippen LogP contribution in [0.15, 0.2) is 109 Å². The Labute approximate surface area is 438 Å². The number of aromatic nitrogens is 4. The fourth-order valence-electron chi connectivity index (χ4n) is 8.75. The van der Waals surface area contributed by atoms with Crippen LogP contribution in [0.2, 0.25) is 0 Å². The summed E-state index contributed by atoms with van der Waals surface area (Å²) < 4.78 is 39.8. The molecular formula is C56H64F2N8O10. The van der Waals surface area contributed by atoms with Gasteiger partial charge in [-0.25, -0.2) is 18.7 Å². The van der Waals surface area contributed by atoms with Crippen LogP contribution in [-0.2, 0) is 41.5 Å². The van der Waals surface area contributed by atoms with Gasteiger partial charge in [0.1, 0.15) is 34.2 Å². The number of aliphatic hydroxyl groups is 2. The number of esters is 2. The number of aliphatic hydroxyl groups excluding tert-OH is 2. The van der Waals surface area contributed by atoms with Crippen LogP contribution in [0.4, 0.5) is 8.78 Å². The van der Waals surface area contributed by atoms with Gasteiger partial charge in [-0.1, -0.05) is 48.5 Å². The van der Waals surface area contributed by atoms with Crippen molar-refractivity contribution in [3.05, 3.63) is 144 Å². The number of nitrogens with two attached hydrogens (primary N) is 2. The molecule has 4 amide bonds. The molecule has 2 aromatic heterocycles. The molecule has 0 fully saturated rings. The second-order valence-corrected chi connectivity index (χ2v) is 20.2. The molecule has 0 spiro atoms. The number of hydrogen-bond donors (Lipinski definition) is 6. The van der Waals surface area contributed by atoms with Crippen LogP contribution in [0.3, 0.4) is 0 Å². The third-order valence-electron chi connectivity index (χ3n) is 13.0. The summed E-state index contributed by atoms with van der Waals surface area (Å²) in [6.45, 7) is 6.45. The number of amides is 4. The number of nitrogens with zero attached hydrogens (tertiary/aromatic N) is 4. The van der Waals surface area contributed by atoms with Crippen LogP contribution >= 0.6 is 0 Å². The zero-order valence-corrected chi connectivity index (χ0v) is 42.8. The topological polar surface area (TPSA) is 289 Å². The second-order valence-electron chi connectivity index (χ2n) is 20.2. The van der Waals surface area contributed by atoms with Crippen molar-refractivity contribution in [1.82, 2.24) is 30.6 Å². The number of rotatable bonds is 27. The molecule has 2 heterocycles. The van der Waals surface area contributed by atoms with E-state index in [4.69, 9.17) is 20.9 Å². The van der Waals surface area contributed by atoms with E-state index in [0.717, 1.165) is 0 Å². The molecule has 6 unspecified atom stereocenters. The summed E-state index contributed by atoms with van der Waals surface area (Å²) in [7, 11) is 0. The van der Waals surface area contributed by atoms with E-state index in [1.54, 1.807) is 88.4 Å². The maximum absolute atomic E-state index is 14.2. The number of nitrogens with one attached hydrogen (secondary N) is 2. The van der Waals surface area contributed by atoms with Crippen LogP contribution < -0.4 is 22.1 Å². The first-order chi connectivity index (χ1) is 36.0. The smallest absolute Gasteiger partial charge is 0.306 e. The third kappa shape index (κ3) is 17.4. The van der Waals surface area contributed by atoms with Crippen molar-refractivity contribution in [3.63, 3.8) is 0 Å². The summed E-state index contributed by atoms with van der Waals surface area (Å²) in [6.07, 6.45) is -0.915. The number of para-hydroxylation sites is 4. The van der Waals surface area contributed by atoms with Crippen LogP contribution in [0.1, 0.15) is 111 Å². The van der Waals surface area contributed by atoms with Gasteiger partial charge in [0, 0.05) is 11.8 Å². The lowest BCUT2D eigenvalue weighted by Crippen LogP contribution is -2.46. The van der Waals surface area contributed by atoms with E-state index in [2.05, 4.69) is 30.6 Å². The van der Waals surface area contributed by atoms with Crippen molar-refractivity contribution in [1.29, 1.82) is 0 Å². The minimum Gasteiger partial charge on any atom is -0.460 e. The molecule has 4 aromatic carbocycles. The molecule has 0 saturated heterocycles. The lowest BCUT2D eigenvalue weighted by Gasteiger charge is -2.30. The summed E-state index contributed by atoms with van der Waals surface area (Å²) in [5.74, 6) is -7.20. The van der Waals surface area contributed by atoms with Crippen molar-refractivity contribution in [2.24, 2.45) is 23.3 Å². The van der Waals surface area contributed by atoms with E-state index in [9.17, 15) is 47.8 Å². The van der Waals surface area contributed by atoms with E-state index in [1.165, 1.54) is 48.8 Å². The lowest BCUT2D eigenvalue weighted by molar-refractivity contribution is -0.164. The standard InChI is InChI=1S/C56H64F2N8O10/c1-55(2,23-21-35(51(59)71)29-47(67)43(27-33-11-9-13-37(57)25-33)65-53(73)45-31-61-39-15-5-7-17-41(39)63-45)75-49(69)19-20-50(70)76-56(3,4)24-22-36(52(60)72)30-48(68)44(28-34-12-10-14-38(58)26-34)66-54(74)46-32-62-40-16-6-8-18-42(40)64-46/h5-18,25-26,31-32,35-36,43-44,47-48,67-68H,19-24,27-30H2,1-4H3,(H2,59,71)(H2,60,72)(H,65,73)(H,66,74). The highest BCUT2D eigenvalue weighted by Crippen LogP contribution is 2.28. The molecule has 0 aliphatic carbocycles. The quantitative estimate of drug-likeness (QED) is 0.0327. The first-order valence-corrected chi connectivity index (χ1v) is 25.0. The number of halogens is 2. The molecule has 76 heavy (non-hydrogen) atoms. The molecule has 0 bridgehead atoms. The maximum Gasteiger partial charge on any atom is 0.306 e. The van der Waals surface area contributed by atoms with Gasteiger partial charge in [-0.15, -0.1) is 0 Å². The number of benzene rings is 4. The summed E-state index contributed by atoms with van der Waals surface area (Å²) in [4.78, 5) is 95.9. The third-order valence-corrected chi connectivity index (χ3v) is 13.0. The summed E-state index contributed by atoms with van der Waals surface area (Å²) >= 11 is 0. The van der Waals surface area contributed by atoms with Crippen LogP contribution in [-0.4, -0.2) is 101 Å². The molecule has 0 radical (unpaired) electrons. The van der Waals surface area contributed by atoms with Gasteiger partial charge in [-0.2, -0.15) is 0 Å². The average Bonchev–Trinajstić information content (AvgIpc) is 3.37. The number of primary amides is 2. The molecular weight excluding hydrogens is 983 g/mol. The number of carbonyl (C=O) groups is 6. The Balaban J connectivity index is 0.988. The molecule has 0 aliphatic heterocycles. The first-order valence-electron chi connectivity index (χ1n) is 25.0. The van der Waals surface area contributed by atoms with Crippen LogP contribution in [0.5, 0.6) is 0 Å². The van der Waals surface area contributed by atoms with Gasteiger partial charge in [0.2, 0.25) is 11.8 Å². The summed E-state index contributed by atoms with van der Waals surface area (Å²) in [5, 5.41) is 28.6. The predicted molar refractivity (Wildman–Crippen MR) is 276 cm³/mol. The monoisotopic (exact) mass is 1050 g/mol. The van der Waals surface area contributed by atoms with Crippen molar-refractivity contribution in [2.75, 3.05) is 0 Å². The van der Waals surface area contributed by atoms with E-state index in [-0.39, 0.29) is 75.6 Å². The number of hydrogen-bond acceptors (Lipinski definition) is 14. The molecule has 0 aliphatic rings. The number of fused-ring (bicyclic) bond motifs is 2. The van der Waals surface area contributed by atoms with E-state index >= 15 is 0 Å². The Morgan fingerprint density at radius 2 is 0.934 bits per heavy atom. The van der Waals surface area contributed by atoms with Crippen molar-refractivity contribution in [2.45, 2.75) is 127 Å². The SMILES string of the molecule is CC(C)(CCC(CC(O)C(Cc1cccc(F)c1)NC(=O)c1cnc2ccccc2n1)C(N)=O)OC(=O)CCC(=O)OC(C)(C)CCC(CC(O)C(Cc1cccc(F)c1)NC(=O)c1cnc2ccccc2n1)C(N)=O. The summed E-state index contributed by atoms with van der Waals surface area (Å²) in [6, 6.07) is 23.2. The summed E-state index contributed by atoms with van der Waals surface area (Å²) in [5.41, 5.74) is 12.3. The highest BCUT2D eigenvalue weighted by molar-refractivity contribution is 5.94. The minimum absolute atomic E-state index is 0.00806. The largest absolute Gasteiger partial charge is 0.460 e. The lowest BCUT2D eigenvalue weighted by atomic mass is 9.87. The molecule has 402 valence electrons. The van der Waals surface area contributed by atoms with Crippen molar-refractivity contribution in [3.8, 4) is 0 Å². The van der Waals surface area contributed by atoms with Gasteiger partial charge in [0.25, 0.3) is 11.8 Å². The first kappa shape index (κ1) is 57.4. The van der Waals surface area contributed by atoms with Gasteiger partial charge in [-0.05, 0) is 139 Å². The highest BCUT2D eigenvalue weighted by Gasteiger charge is 2.34. The van der Waals surface area contributed by atoms with Crippen LogP contribution in [0.25, 0.3) is 22.1 Å². The molecule has 18 nitrogen and oxygen atoms in total. The second kappa shape index (κ2) is 26.1. The van der Waals surface area contributed by atoms with Crippen LogP contribution in [0, 0.1) is 23.5 Å². The van der Waals surface area contributed by atoms with E-state index in [0.29, 0.717) is 33.2 Å². The van der Waals surface area contributed by atoms with Gasteiger partial charge in [-0.3, -0.25) is 38.7 Å². The molecule has 6 rings (SSSR count). The minimum atomic E-state index is -1.35. The highest BCUT2D eigenvalue weighted by atomic mass is 19.1. The predicted octanol–water partition coefficient (Wildman–Crippen LogP) is 5.92. The Hall–Kier alpha value is -7.84. The molecule has 8 N–H and O–H groups in total. The zero-order chi connectivity index (χ0) is 55.2. The van der Waals surface area contributed by atoms with Gasteiger partial charge in [0.15, 0.2) is 0 Å². The molecule has 6 atom stereocenters. The number of ether oxygens (including phenoxy) is 2.